The number of amides is 1. The smallest absolute Gasteiger partial charge is 0.254 e. The zero-order valence-corrected chi connectivity index (χ0v) is 34.0. The molecule has 0 saturated carbocycles. The number of morpholine rings is 1. The van der Waals surface area contributed by atoms with Gasteiger partial charge in [0.15, 0.2) is 5.11 Å². The van der Waals surface area contributed by atoms with Crippen LogP contribution in [0.1, 0.15) is 27.0 Å². The second-order valence-electron chi connectivity index (χ2n) is 14.6. The lowest BCUT2D eigenvalue weighted by Gasteiger charge is -2.32. The van der Waals surface area contributed by atoms with Crippen molar-refractivity contribution in [2.75, 3.05) is 100 Å². The number of anilines is 4. The Morgan fingerprint density at radius 1 is 0.828 bits per heavy atom. The standard InChI is InChI=1S/C43H48N10O4S/c1-49-17-19-50(20-18-49)40(54)32-5-4-6-34(25-32)46-43(58)53-16-15-37-38(47-42(48-39(37)53)51-21-23-57-24-22-51)33-26-44-41(45-27-33)52(28-30-7-11-35(55-2)12-8-30)29-31-9-13-36(56-3)14-10-31/h4-14,25-27H,15-24,28-29H2,1-3H3,(H,46,58). The minimum absolute atomic E-state index is 0.0274. The van der Waals surface area contributed by atoms with Crippen molar-refractivity contribution in [2.24, 2.45) is 0 Å². The Morgan fingerprint density at radius 2 is 1.47 bits per heavy atom. The van der Waals surface area contributed by atoms with Gasteiger partial charge in [0, 0.05) is 93.7 Å². The van der Waals surface area contributed by atoms with Gasteiger partial charge in [-0.05, 0) is 79.3 Å². The highest BCUT2D eigenvalue weighted by Crippen LogP contribution is 2.36. The molecule has 0 radical (unpaired) electrons. The molecular weight excluding hydrogens is 753 g/mol. The van der Waals surface area contributed by atoms with Crippen LogP contribution in [0, 0.1) is 0 Å². The molecule has 0 spiro atoms. The Kier molecular flexibility index (Phi) is 11.9. The van der Waals surface area contributed by atoms with Gasteiger partial charge in [-0.25, -0.2) is 15.0 Å². The summed E-state index contributed by atoms with van der Waals surface area (Å²) < 4.78 is 16.4. The molecule has 300 valence electrons. The van der Waals surface area contributed by atoms with E-state index in [0.29, 0.717) is 88.0 Å². The van der Waals surface area contributed by atoms with Gasteiger partial charge >= 0.3 is 0 Å². The van der Waals surface area contributed by atoms with Gasteiger partial charge in [-0.15, -0.1) is 0 Å². The zero-order chi connectivity index (χ0) is 40.0. The Labute approximate surface area is 344 Å². The summed E-state index contributed by atoms with van der Waals surface area (Å²) >= 11 is 6.04. The van der Waals surface area contributed by atoms with E-state index in [1.54, 1.807) is 14.2 Å². The van der Waals surface area contributed by atoms with Crippen molar-refractivity contribution in [3.63, 3.8) is 0 Å². The Balaban J connectivity index is 1.07. The average molecular weight is 801 g/mol. The summed E-state index contributed by atoms with van der Waals surface area (Å²) in [6, 6.07) is 23.6. The van der Waals surface area contributed by atoms with Crippen molar-refractivity contribution in [2.45, 2.75) is 19.5 Å². The van der Waals surface area contributed by atoms with Crippen LogP contribution in [0.25, 0.3) is 11.3 Å². The first-order valence-electron chi connectivity index (χ1n) is 19.6. The second kappa shape index (κ2) is 17.7. The summed E-state index contributed by atoms with van der Waals surface area (Å²) in [5.41, 5.74) is 6.13. The molecule has 2 saturated heterocycles. The van der Waals surface area contributed by atoms with Gasteiger partial charge in [-0.2, -0.15) is 4.98 Å². The van der Waals surface area contributed by atoms with Crippen LogP contribution in [-0.2, 0) is 24.2 Å². The topological polar surface area (TPSA) is 125 Å². The van der Waals surface area contributed by atoms with E-state index in [0.717, 1.165) is 64.0 Å². The molecule has 0 unspecified atom stereocenters. The average Bonchev–Trinajstić information content (AvgIpc) is 3.71. The first-order valence-corrected chi connectivity index (χ1v) is 20.0. The van der Waals surface area contributed by atoms with Crippen molar-refractivity contribution >= 4 is 46.6 Å². The maximum atomic E-state index is 13.4. The van der Waals surface area contributed by atoms with E-state index >= 15 is 0 Å². The number of nitrogens with zero attached hydrogens (tertiary/aromatic N) is 9. The van der Waals surface area contributed by atoms with E-state index in [1.807, 2.05) is 70.7 Å². The minimum Gasteiger partial charge on any atom is -0.497 e. The SMILES string of the molecule is COc1ccc(CN(Cc2ccc(OC)cc2)c2ncc(-c3nc(N4CCOCC4)nc4c3CCN4C(=S)Nc3cccc(C(=O)N4CCN(C)CC4)c3)cn2)cc1. The zero-order valence-electron chi connectivity index (χ0n) is 33.1. The molecule has 5 heterocycles. The molecule has 15 heteroatoms. The van der Waals surface area contributed by atoms with Gasteiger partial charge in [0.25, 0.3) is 5.91 Å². The molecule has 2 aromatic heterocycles. The fourth-order valence-electron chi connectivity index (χ4n) is 7.40. The molecule has 58 heavy (non-hydrogen) atoms. The van der Waals surface area contributed by atoms with Gasteiger partial charge in [-0.1, -0.05) is 30.3 Å². The number of benzene rings is 3. The van der Waals surface area contributed by atoms with E-state index < -0.39 is 0 Å². The Morgan fingerprint density at radius 3 is 2.09 bits per heavy atom. The maximum Gasteiger partial charge on any atom is 0.254 e. The van der Waals surface area contributed by atoms with Crippen molar-refractivity contribution in [3.05, 3.63) is 107 Å². The molecule has 2 fully saturated rings. The van der Waals surface area contributed by atoms with Crippen LogP contribution in [0.5, 0.6) is 11.5 Å². The number of methoxy groups -OCH3 is 2. The highest BCUT2D eigenvalue weighted by Gasteiger charge is 2.31. The largest absolute Gasteiger partial charge is 0.497 e. The number of ether oxygens (including phenoxy) is 3. The van der Waals surface area contributed by atoms with Crippen molar-refractivity contribution in [3.8, 4) is 22.8 Å². The minimum atomic E-state index is 0.0274. The molecule has 3 aliphatic rings. The van der Waals surface area contributed by atoms with Crippen LogP contribution in [0.3, 0.4) is 0 Å². The number of fused-ring (bicyclic) bond motifs is 1. The maximum absolute atomic E-state index is 13.4. The first-order chi connectivity index (χ1) is 28.3. The van der Waals surface area contributed by atoms with E-state index in [4.69, 9.17) is 46.4 Å². The monoisotopic (exact) mass is 800 g/mol. The summed E-state index contributed by atoms with van der Waals surface area (Å²) in [5, 5.41) is 3.90. The third-order valence-corrected chi connectivity index (χ3v) is 11.1. The summed E-state index contributed by atoms with van der Waals surface area (Å²) in [7, 11) is 5.41. The van der Waals surface area contributed by atoms with Crippen LogP contribution in [0.2, 0.25) is 0 Å². The van der Waals surface area contributed by atoms with Gasteiger partial charge in [-0.3, -0.25) is 4.79 Å². The lowest BCUT2D eigenvalue weighted by atomic mass is 10.1. The molecule has 14 nitrogen and oxygen atoms in total. The fourth-order valence-corrected chi connectivity index (χ4v) is 7.70. The molecule has 3 aliphatic heterocycles. The quantitative estimate of drug-likeness (QED) is 0.177. The fraction of sp³-hybridized carbons (Fsp3) is 0.349. The number of thiocarbonyl (C=S) groups is 1. The Hall–Kier alpha value is -5.90. The second-order valence-corrected chi connectivity index (χ2v) is 15.0. The molecule has 0 aliphatic carbocycles. The van der Waals surface area contributed by atoms with Crippen LogP contribution in [0.4, 0.5) is 23.4 Å². The van der Waals surface area contributed by atoms with E-state index in [2.05, 4.69) is 51.3 Å². The number of aromatic nitrogens is 4. The highest BCUT2D eigenvalue weighted by atomic mass is 32.1. The third-order valence-electron chi connectivity index (χ3n) is 10.8. The van der Waals surface area contributed by atoms with Crippen LogP contribution < -0.4 is 29.5 Å². The van der Waals surface area contributed by atoms with Gasteiger partial charge in [0.1, 0.15) is 17.3 Å². The Bertz CT molecular complexity index is 2160. The summed E-state index contributed by atoms with van der Waals surface area (Å²) in [6.45, 7) is 7.49. The van der Waals surface area contributed by atoms with Crippen LogP contribution >= 0.6 is 12.2 Å². The lowest BCUT2D eigenvalue weighted by Crippen LogP contribution is -2.47. The number of hydrogen-bond acceptors (Lipinski definition) is 12. The molecule has 1 amide bonds. The van der Waals surface area contributed by atoms with E-state index in [-0.39, 0.29) is 5.91 Å². The molecule has 0 bridgehead atoms. The molecule has 0 atom stereocenters. The molecule has 1 N–H and O–H groups in total. The summed E-state index contributed by atoms with van der Waals surface area (Å²) in [6.07, 6.45) is 4.39. The predicted molar refractivity (Wildman–Crippen MR) is 229 cm³/mol. The first kappa shape index (κ1) is 38.9. The van der Waals surface area contributed by atoms with Crippen molar-refractivity contribution < 1.29 is 19.0 Å². The lowest BCUT2D eigenvalue weighted by molar-refractivity contribution is 0.0664. The van der Waals surface area contributed by atoms with E-state index in [9.17, 15) is 4.79 Å². The number of hydrogen-bond donors (Lipinski definition) is 1. The number of piperazine rings is 1. The number of likely N-dealkylation sites (N-methyl/N-ethyl adjacent to an activating group) is 1. The van der Waals surface area contributed by atoms with Crippen LogP contribution in [0.15, 0.2) is 85.2 Å². The normalized spacial score (nSPS) is 15.5. The number of rotatable bonds is 11. The molecule has 5 aromatic rings. The molecular formula is C43H48N10O4S. The van der Waals surface area contributed by atoms with Crippen molar-refractivity contribution in [1.82, 2.24) is 29.7 Å². The summed E-state index contributed by atoms with van der Waals surface area (Å²) in [5.74, 6) is 3.58. The molecule has 3 aromatic carbocycles. The van der Waals surface area contributed by atoms with Crippen LogP contribution in [-0.4, -0.2) is 121 Å². The number of carbonyl (C=O) groups excluding carboxylic acids is 1. The van der Waals surface area contributed by atoms with Crippen molar-refractivity contribution in [1.29, 1.82) is 0 Å². The third kappa shape index (κ3) is 8.81. The molecule has 8 rings (SSSR count). The van der Waals surface area contributed by atoms with Gasteiger partial charge < -0.3 is 44.0 Å². The number of nitrogens with one attached hydrogen (secondary N) is 1. The summed E-state index contributed by atoms with van der Waals surface area (Å²) in [4.78, 5) is 44.0. The number of carbonyl (C=O) groups is 1. The van der Waals surface area contributed by atoms with Gasteiger partial charge in [0.2, 0.25) is 11.9 Å². The van der Waals surface area contributed by atoms with Gasteiger partial charge in [0.05, 0.1) is 33.1 Å². The van der Waals surface area contributed by atoms with E-state index in [1.165, 1.54) is 0 Å². The highest BCUT2D eigenvalue weighted by molar-refractivity contribution is 7.80. The predicted octanol–water partition coefficient (Wildman–Crippen LogP) is 5.14.